The average Bonchev–Trinajstić information content (AvgIpc) is 1.92. The van der Waals surface area contributed by atoms with Gasteiger partial charge in [0.1, 0.15) is 0 Å². The second-order valence-corrected chi connectivity index (χ2v) is 4.29. The molecule has 1 spiro atoms. The number of rotatable bonds is 0. The molecule has 1 saturated carbocycles. The van der Waals surface area contributed by atoms with Gasteiger partial charge < -0.3 is 5.32 Å². The van der Waals surface area contributed by atoms with Gasteiger partial charge in [-0.3, -0.25) is 4.79 Å². The van der Waals surface area contributed by atoms with Gasteiger partial charge in [0, 0.05) is 13.0 Å². The van der Waals surface area contributed by atoms with Gasteiger partial charge in [0.25, 0.3) is 0 Å². The summed E-state index contributed by atoms with van der Waals surface area (Å²) >= 11 is 0. The summed E-state index contributed by atoms with van der Waals surface area (Å²) in [7, 11) is 0. The van der Waals surface area contributed by atoms with Crippen LogP contribution in [0.3, 0.4) is 0 Å². The third-order valence-electron chi connectivity index (χ3n) is 3.11. The van der Waals surface area contributed by atoms with Crippen molar-refractivity contribution >= 4 is 5.91 Å². The highest BCUT2D eigenvalue weighted by Crippen LogP contribution is 2.49. The molecule has 1 aliphatic heterocycles. The van der Waals surface area contributed by atoms with Crippen molar-refractivity contribution in [3.05, 3.63) is 0 Å². The number of nitrogens with one attached hydrogen (secondary N) is 1. The zero-order chi connectivity index (χ0) is 7.90. The Labute approximate surface area is 67.4 Å². The molecule has 1 N–H and O–H groups in total. The van der Waals surface area contributed by atoms with Crippen molar-refractivity contribution in [1.82, 2.24) is 5.32 Å². The summed E-state index contributed by atoms with van der Waals surface area (Å²) in [5.74, 6) is 1.14. The summed E-state index contributed by atoms with van der Waals surface area (Å²) < 4.78 is 0. The maximum absolute atomic E-state index is 10.9. The highest BCUT2D eigenvalue weighted by molar-refractivity contribution is 5.76. The number of amides is 1. The van der Waals surface area contributed by atoms with Gasteiger partial charge in [-0.1, -0.05) is 6.92 Å². The molecule has 11 heavy (non-hydrogen) atoms. The fourth-order valence-electron chi connectivity index (χ4n) is 2.61. The lowest BCUT2D eigenvalue weighted by Crippen LogP contribution is -2.49. The number of carbonyl (C=O) groups excluding carboxylic acids is 1. The van der Waals surface area contributed by atoms with Crippen LogP contribution in [0.5, 0.6) is 0 Å². The molecule has 62 valence electrons. The van der Waals surface area contributed by atoms with Crippen LogP contribution in [0, 0.1) is 11.3 Å². The van der Waals surface area contributed by atoms with E-state index in [0.29, 0.717) is 5.41 Å². The van der Waals surface area contributed by atoms with E-state index in [1.165, 1.54) is 12.8 Å². The highest BCUT2D eigenvalue weighted by Gasteiger charge is 2.43. The summed E-state index contributed by atoms with van der Waals surface area (Å²) in [6.07, 6.45) is 4.54. The lowest BCUT2D eigenvalue weighted by Gasteiger charge is -2.48. The highest BCUT2D eigenvalue weighted by atomic mass is 16.1. The van der Waals surface area contributed by atoms with Crippen LogP contribution in [0.4, 0.5) is 0 Å². The van der Waals surface area contributed by atoms with E-state index in [1.807, 2.05) is 0 Å². The van der Waals surface area contributed by atoms with Gasteiger partial charge in [-0.15, -0.1) is 0 Å². The molecule has 1 aliphatic carbocycles. The maximum Gasteiger partial charge on any atom is 0.220 e. The first-order valence-electron chi connectivity index (χ1n) is 4.47. The van der Waals surface area contributed by atoms with E-state index >= 15 is 0 Å². The zero-order valence-corrected chi connectivity index (χ0v) is 7.02. The smallest absolute Gasteiger partial charge is 0.220 e. The average molecular weight is 153 g/mol. The summed E-state index contributed by atoms with van der Waals surface area (Å²) in [4.78, 5) is 10.9. The van der Waals surface area contributed by atoms with Crippen LogP contribution in [-0.4, -0.2) is 12.5 Å². The largest absolute Gasteiger partial charge is 0.356 e. The van der Waals surface area contributed by atoms with E-state index in [2.05, 4.69) is 12.2 Å². The predicted molar refractivity (Wildman–Crippen MR) is 43.1 cm³/mol. The van der Waals surface area contributed by atoms with Gasteiger partial charge in [-0.2, -0.15) is 0 Å². The summed E-state index contributed by atoms with van der Waals surface area (Å²) in [5, 5.41) is 2.96. The maximum atomic E-state index is 10.9. The van der Waals surface area contributed by atoms with Crippen LogP contribution >= 0.6 is 0 Å². The van der Waals surface area contributed by atoms with Crippen molar-refractivity contribution in [2.45, 2.75) is 32.6 Å². The summed E-state index contributed by atoms with van der Waals surface area (Å²) in [6, 6.07) is 0. The number of hydrogen-bond acceptors (Lipinski definition) is 1. The molecule has 0 radical (unpaired) electrons. The van der Waals surface area contributed by atoms with Crippen molar-refractivity contribution in [2.75, 3.05) is 6.54 Å². The number of carbonyl (C=O) groups is 1. The molecule has 2 fully saturated rings. The molecule has 2 rings (SSSR count). The van der Waals surface area contributed by atoms with Gasteiger partial charge in [0.05, 0.1) is 0 Å². The molecule has 2 heteroatoms. The Morgan fingerprint density at radius 1 is 1.55 bits per heavy atom. The van der Waals surface area contributed by atoms with Crippen LogP contribution in [0.25, 0.3) is 0 Å². The molecule has 0 atom stereocenters. The van der Waals surface area contributed by atoms with E-state index < -0.39 is 0 Å². The van der Waals surface area contributed by atoms with Crippen LogP contribution < -0.4 is 5.32 Å². The fraction of sp³-hybridized carbons (Fsp3) is 0.889. The lowest BCUT2D eigenvalue weighted by atomic mass is 9.59. The van der Waals surface area contributed by atoms with Crippen LogP contribution in [0.1, 0.15) is 32.6 Å². The van der Waals surface area contributed by atoms with Crippen molar-refractivity contribution in [2.24, 2.45) is 11.3 Å². The van der Waals surface area contributed by atoms with Gasteiger partial charge in [-0.25, -0.2) is 0 Å². The second kappa shape index (κ2) is 2.23. The molecule has 1 heterocycles. The Morgan fingerprint density at radius 3 is 2.73 bits per heavy atom. The van der Waals surface area contributed by atoms with Crippen molar-refractivity contribution in [3.8, 4) is 0 Å². The van der Waals surface area contributed by atoms with Crippen LogP contribution in [0.15, 0.2) is 0 Å². The van der Waals surface area contributed by atoms with Gasteiger partial charge >= 0.3 is 0 Å². The van der Waals surface area contributed by atoms with Crippen LogP contribution in [-0.2, 0) is 4.79 Å². The SMILES string of the molecule is CC1CC2(CCC(=O)NC2)C1. The third kappa shape index (κ3) is 1.15. The standard InChI is InChI=1S/C9H15NO/c1-7-4-9(5-7)3-2-8(11)10-6-9/h7H,2-6H2,1H3,(H,10,11). The molecule has 2 nitrogen and oxygen atoms in total. The Bertz CT molecular complexity index is 170. The minimum absolute atomic E-state index is 0.246. The van der Waals surface area contributed by atoms with Crippen molar-refractivity contribution in [3.63, 3.8) is 0 Å². The van der Waals surface area contributed by atoms with Crippen LogP contribution in [0.2, 0.25) is 0 Å². The van der Waals surface area contributed by atoms with Gasteiger partial charge in [-0.05, 0) is 30.6 Å². The summed E-state index contributed by atoms with van der Waals surface area (Å²) in [6.45, 7) is 3.23. The molecule has 1 amide bonds. The normalized spacial score (nSPS) is 43.4. The first-order valence-corrected chi connectivity index (χ1v) is 4.47. The van der Waals surface area contributed by atoms with Crippen molar-refractivity contribution in [1.29, 1.82) is 0 Å². The summed E-state index contributed by atoms with van der Waals surface area (Å²) in [5.41, 5.74) is 0.521. The van der Waals surface area contributed by atoms with Crippen molar-refractivity contribution < 1.29 is 4.79 Å². The van der Waals surface area contributed by atoms with E-state index in [0.717, 1.165) is 25.3 Å². The number of piperidine rings is 1. The Kier molecular flexibility index (Phi) is 1.44. The molecule has 0 aromatic carbocycles. The molecule has 2 aliphatic rings. The minimum atomic E-state index is 0.246. The molecular formula is C9H15NO. The van der Waals surface area contributed by atoms with E-state index in [9.17, 15) is 4.79 Å². The molecule has 0 unspecified atom stereocenters. The lowest BCUT2D eigenvalue weighted by molar-refractivity contribution is -0.126. The van der Waals surface area contributed by atoms with Gasteiger partial charge in [0.2, 0.25) is 5.91 Å². The predicted octanol–water partition coefficient (Wildman–Crippen LogP) is 1.31. The topological polar surface area (TPSA) is 29.1 Å². The van der Waals surface area contributed by atoms with E-state index in [4.69, 9.17) is 0 Å². The zero-order valence-electron chi connectivity index (χ0n) is 7.02. The molecular weight excluding hydrogens is 138 g/mol. The fourth-order valence-corrected chi connectivity index (χ4v) is 2.61. The monoisotopic (exact) mass is 153 g/mol. The molecule has 0 aromatic rings. The van der Waals surface area contributed by atoms with E-state index in [1.54, 1.807) is 0 Å². The Balaban J connectivity index is 1.93. The second-order valence-electron chi connectivity index (χ2n) is 4.29. The molecule has 0 bridgehead atoms. The molecule has 0 aromatic heterocycles. The first-order chi connectivity index (χ1) is 5.20. The minimum Gasteiger partial charge on any atom is -0.356 e. The quantitative estimate of drug-likeness (QED) is 0.558. The van der Waals surface area contributed by atoms with E-state index in [-0.39, 0.29) is 5.91 Å². The number of hydrogen-bond donors (Lipinski definition) is 1. The Hall–Kier alpha value is -0.530. The first kappa shape index (κ1) is 7.14. The van der Waals surface area contributed by atoms with Gasteiger partial charge in [0.15, 0.2) is 0 Å². The molecule has 1 saturated heterocycles. The Morgan fingerprint density at radius 2 is 2.27 bits per heavy atom. The third-order valence-corrected chi connectivity index (χ3v) is 3.11.